The predicted molar refractivity (Wildman–Crippen MR) is 113 cm³/mol. The van der Waals surface area contributed by atoms with Gasteiger partial charge in [0.05, 0.1) is 16.2 Å². The Morgan fingerprint density at radius 3 is 2.39 bits per heavy atom. The van der Waals surface area contributed by atoms with E-state index < -0.39 is 4.92 Å². The molecule has 28 heavy (non-hydrogen) atoms. The van der Waals surface area contributed by atoms with Crippen molar-refractivity contribution in [2.75, 3.05) is 5.32 Å². The van der Waals surface area contributed by atoms with Crippen molar-refractivity contribution in [2.45, 2.75) is 17.6 Å². The van der Waals surface area contributed by atoms with Crippen molar-refractivity contribution in [1.82, 2.24) is 0 Å². The molecule has 3 aromatic carbocycles. The molecule has 0 saturated heterocycles. The molecule has 0 spiro atoms. The van der Waals surface area contributed by atoms with E-state index in [1.807, 2.05) is 36.4 Å². The number of amides is 1. The minimum atomic E-state index is -0.460. The van der Waals surface area contributed by atoms with Crippen LogP contribution in [0.5, 0.6) is 0 Å². The highest BCUT2D eigenvalue weighted by Gasteiger charge is 2.15. The Kier molecular flexibility index (Phi) is 6.34. The quantitative estimate of drug-likeness (QED) is 0.301. The maximum Gasteiger partial charge on any atom is 0.274 e. The van der Waals surface area contributed by atoms with Crippen molar-refractivity contribution in [1.29, 1.82) is 0 Å². The molecule has 0 unspecified atom stereocenters. The average molecular weight is 413 g/mol. The number of carbonyl (C=O) groups excluding carboxylic acids is 1. The van der Waals surface area contributed by atoms with E-state index in [2.05, 4.69) is 5.32 Å². The number of hydrogen-bond donors (Lipinski definition) is 1. The van der Waals surface area contributed by atoms with Gasteiger partial charge in [-0.15, -0.1) is 11.8 Å². The van der Waals surface area contributed by atoms with Gasteiger partial charge in [0.2, 0.25) is 0 Å². The highest BCUT2D eigenvalue weighted by atomic mass is 35.5. The number of thioether (sulfide) groups is 1. The Labute approximate surface area is 171 Å². The lowest BCUT2D eigenvalue weighted by Crippen LogP contribution is -2.13. The summed E-state index contributed by atoms with van der Waals surface area (Å²) in [5, 5.41) is 14.5. The fourth-order valence-electron chi connectivity index (χ4n) is 2.60. The van der Waals surface area contributed by atoms with Crippen LogP contribution in [0.15, 0.2) is 71.6 Å². The van der Waals surface area contributed by atoms with Crippen LogP contribution < -0.4 is 5.32 Å². The van der Waals surface area contributed by atoms with Gasteiger partial charge >= 0.3 is 0 Å². The van der Waals surface area contributed by atoms with Crippen LogP contribution in [0, 0.1) is 17.0 Å². The van der Waals surface area contributed by atoms with Gasteiger partial charge in [0.25, 0.3) is 11.6 Å². The second kappa shape index (κ2) is 8.91. The molecular weight excluding hydrogens is 396 g/mol. The normalized spacial score (nSPS) is 10.5. The molecule has 0 aliphatic heterocycles. The van der Waals surface area contributed by atoms with Crippen LogP contribution >= 0.6 is 23.4 Å². The van der Waals surface area contributed by atoms with Crippen LogP contribution in [0.25, 0.3) is 0 Å². The molecule has 0 aliphatic carbocycles. The number of halogens is 1. The van der Waals surface area contributed by atoms with E-state index in [1.165, 1.54) is 6.07 Å². The van der Waals surface area contributed by atoms with Crippen LogP contribution in [-0.2, 0) is 5.75 Å². The number of rotatable bonds is 6. The van der Waals surface area contributed by atoms with Crippen molar-refractivity contribution in [3.05, 3.63) is 98.6 Å². The predicted octanol–water partition coefficient (Wildman–Crippen LogP) is 6.10. The molecule has 5 nitrogen and oxygen atoms in total. The van der Waals surface area contributed by atoms with Gasteiger partial charge in [0.1, 0.15) is 0 Å². The summed E-state index contributed by atoms with van der Waals surface area (Å²) in [7, 11) is 0. The summed E-state index contributed by atoms with van der Waals surface area (Å²) in [6.07, 6.45) is 0. The zero-order chi connectivity index (χ0) is 20.1. The van der Waals surface area contributed by atoms with E-state index in [1.54, 1.807) is 43.0 Å². The van der Waals surface area contributed by atoms with Gasteiger partial charge < -0.3 is 5.32 Å². The van der Waals surface area contributed by atoms with Gasteiger partial charge in [-0.3, -0.25) is 14.9 Å². The van der Waals surface area contributed by atoms with Crippen molar-refractivity contribution in [2.24, 2.45) is 0 Å². The third kappa shape index (κ3) is 4.91. The number of carbonyl (C=O) groups is 1. The Balaban J connectivity index is 1.64. The number of nitro groups is 1. The molecule has 0 aliphatic rings. The van der Waals surface area contributed by atoms with E-state index in [9.17, 15) is 14.9 Å². The number of benzene rings is 3. The van der Waals surface area contributed by atoms with Gasteiger partial charge in [-0.2, -0.15) is 0 Å². The molecule has 0 radical (unpaired) electrons. The first kappa shape index (κ1) is 19.9. The summed E-state index contributed by atoms with van der Waals surface area (Å²) in [6, 6.07) is 19.6. The average Bonchev–Trinajstić information content (AvgIpc) is 2.69. The molecular formula is C21H17ClN2O3S. The molecule has 0 fully saturated rings. The molecule has 142 valence electrons. The minimum absolute atomic E-state index is 0.0210. The molecule has 0 aromatic heterocycles. The summed E-state index contributed by atoms with van der Waals surface area (Å²) in [4.78, 5) is 24.2. The van der Waals surface area contributed by atoms with E-state index in [4.69, 9.17) is 11.6 Å². The van der Waals surface area contributed by atoms with Gasteiger partial charge in [0.15, 0.2) is 0 Å². The van der Waals surface area contributed by atoms with Crippen LogP contribution in [-0.4, -0.2) is 10.8 Å². The Morgan fingerprint density at radius 1 is 1.07 bits per heavy atom. The molecule has 1 amide bonds. The topological polar surface area (TPSA) is 72.2 Å². The van der Waals surface area contributed by atoms with E-state index in [0.29, 0.717) is 21.8 Å². The molecule has 0 bridgehead atoms. The lowest BCUT2D eigenvalue weighted by Gasteiger charge is -2.09. The summed E-state index contributed by atoms with van der Waals surface area (Å²) in [6.45, 7) is 1.62. The first-order chi connectivity index (χ1) is 13.4. The fourth-order valence-corrected chi connectivity index (χ4v) is 3.58. The third-order valence-electron chi connectivity index (χ3n) is 4.19. The Hall–Kier alpha value is -2.83. The fraction of sp³-hybridized carbons (Fsp3) is 0.0952. The number of hydrogen-bond acceptors (Lipinski definition) is 4. The Bertz CT molecular complexity index is 1010. The zero-order valence-corrected chi connectivity index (χ0v) is 16.6. The molecule has 7 heteroatoms. The van der Waals surface area contributed by atoms with Gasteiger partial charge in [0, 0.05) is 27.3 Å². The van der Waals surface area contributed by atoms with Crippen molar-refractivity contribution in [3.63, 3.8) is 0 Å². The third-order valence-corrected chi connectivity index (χ3v) is 5.52. The number of nitro benzene ring substituents is 1. The number of nitrogens with zero attached hydrogens (tertiary/aromatic N) is 1. The van der Waals surface area contributed by atoms with Crippen LogP contribution in [0.2, 0.25) is 5.02 Å². The zero-order valence-electron chi connectivity index (χ0n) is 15.0. The minimum Gasteiger partial charge on any atom is -0.321 e. The maximum atomic E-state index is 12.5. The highest BCUT2D eigenvalue weighted by Crippen LogP contribution is 2.26. The Morgan fingerprint density at radius 2 is 1.75 bits per heavy atom. The maximum absolute atomic E-state index is 12.5. The molecule has 0 saturated carbocycles. The summed E-state index contributed by atoms with van der Waals surface area (Å²) >= 11 is 7.57. The van der Waals surface area contributed by atoms with Crippen LogP contribution in [0.1, 0.15) is 21.5 Å². The second-order valence-electron chi connectivity index (χ2n) is 6.10. The van der Waals surface area contributed by atoms with Crippen LogP contribution in [0.3, 0.4) is 0 Å². The first-order valence-corrected chi connectivity index (χ1v) is 9.83. The first-order valence-electron chi connectivity index (χ1n) is 8.46. The van der Waals surface area contributed by atoms with Crippen molar-refractivity contribution in [3.8, 4) is 0 Å². The smallest absolute Gasteiger partial charge is 0.274 e. The van der Waals surface area contributed by atoms with Crippen molar-refractivity contribution >= 4 is 40.6 Å². The lowest BCUT2D eigenvalue weighted by molar-refractivity contribution is -0.385. The summed E-state index contributed by atoms with van der Waals surface area (Å²) in [5.41, 5.74) is 2.42. The van der Waals surface area contributed by atoms with E-state index in [0.717, 1.165) is 16.2 Å². The lowest BCUT2D eigenvalue weighted by atomic mass is 10.1. The SMILES string of the molecule is Cc1c(NC(=O)c2ccc(CSc3ccc(Cl)cc3)cc2)cccc1[N+](=O)[O-]. The molecule has 1 N–H and O–H groups in total. The van der Waals surface area contributed by atoms with E-state index >= 15 is 0 Å². The second-order valence-corrected chi connectivity index (χ2v) is 7.59. The van der Waals surface area contributed by atoms with Crippen LogP contribution in [0.4, 0.5) is 11.4 Å². The molecule has 3 rings (SSSR count). The molecule has 0 heterocycles. The van der Waals surface area contributed by atoms with Gasteiger partial charge in [-0.25, -0.2) is 0 Å². The molecule has 3 aromatic rings. The van der Waals surface area contributed by atoms with Gasteiger partial charge in [-0.1, -0.05) is 29.8 Å². The highest BCUT2D eigenvalue weighted by molar-refractivity contribution is 7.98. The largest absolute Gasteiger partial charge is 0.321 e. The van der Waals surface area contributed by atoms with Crippen molar-refractivity contribution < 1.29 is 9.72 Å². The van der Waals surface area contributed by atoms with E-state index in [-0.39, 0.29) is 11.6 Å². The standard InChI is InChI=1S/C21H17ClN2O3S/c1-14-19(3-2-4-20(14)24(26)27)23-21(25)16-7-5-15(6-8-16)13-28-18-11-9-17(22)10-12-18/h2-12H,13H2,1H3,(H,23,25). The summed E-state index contributed by atoms with van der Waals surface area (Å²) < 4.78 is 0. The van der Waals surface area contributed by atoms with Gasteiger partial charge in [-0.05, 0) is 55.0 Å². The summed E-state index contributed by atoms with van der Waals surface area (Å²) in [5.74, 6) is 0.466. The monoisotopic (exact) mass is 412 g/mol. The molecule has 0 atom stereocenters. The number of anilines is 1. The number of nitrogens with one attached hydrogen (secondary N) is 1.